The second-order valence-corrected chi connectivity index (χ2v) is 5.82. The van der Waals surface area contributed by atoms with Gasteiger partial charge in [0.25, 0.3) is 0 Å². The van der Waals surface area contributed by atoms with Crippen molar-refractivity contribution in [2.45, 2.75) is 57.7 Å². The molecule has 2 unspecified atom stereocenters. The van der Waals surface area contributed by atoms with E-state index in [4.69, 9.17) is 10.9 Å². The summed E-state index contributed by atoms with van der Waals surface area (Å²) in [6, 6.07) is 5.92. The first-order valence-electron chi connectivity index (χ1n) is 7.60. The van der Waals surface area contributed by atoms with E-state index in [1.807, 2.05) is 25.1 Å². The molecule has 1 aliphatic carbocycles. The molecule has 21 heavy (non-hydrogen) atoms. The zero-order chi connectivity index (χ0) is 15.2. The molecule has 0 amide bonds. The molecule has 1 aliphatic rings. The van der Waals surface area contributed by atoms with Crippen molar-refractivity contribution in [3.63, 3.8) is 0 Å². The summed E-state index contributed by atoms with van der Waals surface area (Å²) in [5.41, 5.74) is 8.57. The average Bonchev–Trinajstić information content (AvgIpc) is 2.69. The maximum absolute atomic E-state index is 10.1. The fourth-order valence-corrected chi connectivity index (χ4v) is 2.88. The van der Waals surface area contributed by atoms with Crippen molar-refractivity contribution in [2.75, 3.05) is 0 Å². The van der Waals surface area contributed by atoms with Crippen LogP contribution in [0.3, 0.4) is 0 Å². The number of nitrogens with one attached hydrogen (secondary N) is 1. The number of aliphatic hydroxyl groups is 1. The van der Waals surface area contributed by atoms with Gasteiger partial charge in [0.15, 0.2) is 5.84 Å². The third kappa shape index (κ3) is 4.19. The van der Waals surface area contributed by atoms with E-state index in [1.54, 1.807) is 0 Å². The lowest BCUT2D eigenvalue weighted by atomic mass is 10.0. The van der Waals surface area contributed by atoms with Crippen LogP contribution in [-0.2, 0) is 6.54 Å². The van der Waals surface area contributed by atoms with Crippen LogP contribution in [0.4, 0.5) is 0 Å². The van der Waals surface area contributed by atoms with Crippen LogP contribution in [0.2, 0.25) is 0 Å². The third-order valence-corrected chi connectivity index (χ3v) is 4.28. The first kappa shape index (κ1) is 15.8. The van der Waals surface area contributed by atoms with Gasteiger partial charge in [0.2, 0.25) is 0 Å². The van der Waals surface area contributed by atoms with E-state index in [9.17, 15) is 5.11 Å². The van der Waals surface area contributed by atoms with Crippen molar-refractivity contribution in [3.05, 3.63) is 34.9 Å². The van der Waals surface area contributed by atoms with Crippen molar-refractivity contribution in [3.8, 4) is 0 Å². The Kier molecular flexibility index (Phi) is 5.59. The van der Waals surface area contributed by atoms with Gasteiger partial charge in [-0.15, -0.1) is 0 Å². The molecule has 0 radical (unpaired) electrons. The van der Waals surface area contributed by atoms with Crippen LogP contribution < -0.4 is 11.1 Å². The van der Waals surface area contributed by atoms with Crippen molar-refractivity contribution in [1.29, 1.82) is 0 Å². The smallest absolute Gasteiger partial charge is 0.170 e. The molecule has 1 saturated carbocycles. The van der Waals surface area contributed by atoms with E-state index in [-0.39, 0.29) is 18.0 Å². The monoisotopic (exact) mass is 291 g/mol. The lowest BCUT2D eigenvalue weighted by Crippen LogP contribution is -2.38. The second kappa shape index (κ2) is 7.43. The minimum absolute atomic E-state index is 0.122. The molecule has 2 atom stereocenters. The molecule has 0 aliphatic heterocycles. The fourth-order valence-electron chi connectivity index (χ4n) is 2.88. The summed E-state index contributed by atoms with van der Waals surface area (Å²) in [5.74, 6) is 0.122. The Hall–Kier alpha value is -1.59. The molecule has 1 aromatic rings. The first-order chi connectivity index (χ1) is 10.1. The Morgan fingerprint density at radius 2 is 2.10 bits per heavy atom. The summed E-state index contributed by atoms with van der Waals surface area (Å²) in [6.07, 6.45) is 5.18. The summed E-state index contributed by atoms with van der Waals surface area (Å²) in [5, 5.41) is 25.3. The number of oxime groups is 1. The largest absolute Gasteiger partial charge is 0.409 e. The summed E-state index contributed by atoms with van der Waals surface area (Å²) in [6.45, 7) is 2.73. The minimum atomic E-state index is -0.246. The molecule has 1 aromatic carbocycles. The summed E-state index contributed by atoms with van der Waals surface area (Å²) in [7, 11) is 0. The highest BCUT2D eigenvalue weighted by atomic mass is 16.4. The van der Waals surface area contributed by atoms with Crippen LogP contribution >= 0.6 is 0 Å². The molecule has 1 fully saturated rings. The number of amidine groups is 1. The Labute approximate surface area is 125 Å². The van der Waals surface area contributed by atoms with Gasteiger partial charge >= 0.3 is 0 Å². The number of nitrogens with zero attached hydrogens (tertiary/aromatic N) is 1. The summed E-state index contributed by atoms with van der Waals surface area (Å²) in [4.78, 5) is 0. The topological polar surface area (TPSA) is 90.9 Å². The van der Waals surface area contributed by atoms with Crippen LogP contribution in [0.1, 0.15) is 48.8 Å². The Bertz CT molecular complexity index is 502. The predicted molar refractivity (Wildman–Crippen MR) is 83.4 cm³/mol. The molecule has 0 spiro atoms. The van der Waals surface area contributed by atoms with Crippen molar-refractivity contribution in [1.82, 2.24) is 5.32 Å². The molecular weight excluding hydrogens is 266 g/mol. The second-order valence-electron chi connectivity index (χ2n) is 5.82. The molecule has 5 heteroatoms. The summed E-state index contributed by atoms with van der Waals surface area (Å²) >= 11 is 0. The number of rotatable bonds is 4. The third-order valence-electron chi connectivity index (χ3n) is 4.28. The van der Waals surface area contributed by atoms with Gasteiger partial charge in [0.05, 0.1) is 6.10 Å². The molecular formula is C16H25N3O2. The van der Waals surface area contributed by atoms with Crippen LogP contribution in [0, 0.1) is 6.92 Å². The van der Waals surface area contributed by atoms with Gasteiger partial charge in [-0.25, -0.2) is 0 Å². The highest BCUT2D eigenvalue weighted by Gasteiger charge is 2.20. The van der Waals surface area contributed by atoms with E-state index in [0.717, 1.165) is 31.4 Å². The van der Waals surface area contributed by atoms with E-state index in [2.05, 4.69) is 10.5 Å². The normalized spacial score (nSPS) is 23.8. The number of benzene rings is 1. The zero-order valence-corrected chi connectivity index (χ0v) is 12.5. The SMILES string of the molecule is Cc1cc(/C(N)=N/O)ccc1CNC1CCCCCC1O. The number of hydrogen-bond donors (Lipinski definition) is 4. The number of nitrogens with two attached hydrogens (primary N) is 1. The standard InChI is InChI=1S/C16H25N3O2/c1-11-9-12(16(17)19-21)7-8-13(11)10-18-14-5-3-2-4-6-15(14)20/h7-9,14-15,18,20-21H,2-6,10H2,1H3,(H2,17,19). The molecule has 0 saturated heterocycles. The molecule has 2 rings (SSSR count). The van der Waals surface area contributed by atoms with Crippen LogP contribution in [0.15, 0.2) is 23.4 Å². The van der Waals surface area contributed by atoms with E-state index in [1.165, 1.54) is 18.4 Å². The van der Waals surface area contributed by atoms with Gasteiger partial charge in [-0.2, -0.15) is 0 Å². The number of hydrogen-bond acceptors (Lipinski definition) is 4. The van der Waals surface area contributed by atoms with Crippen molar-refractivity contribution < 1.29 is 10.3 Å². The molecule has 5 N–H and O–H groups in total. The van der Waals surface area contributed by atoms with E-state index >= 15 is 0 Å². The lowest BCUT2D eigenvalue weighted by molar-refractivity contribution is 0.119. The first-order valence-corrected chi connectivity index (χ1v) is 7.60. The van der Waals surface area contributed by atoms with Crippen LogP contribution in [0.5, 0.6) is 0 Å². The van der Waals surface area contributed by atoms with Gasteiger partial charge in [-0.1, -0.05) is 36.6 Å². The van der Waals surface area contributed by atoms with E-state index < -0.39 is 0 Å². The molecule has 0 heterocycles. The average molecular weight is 291 g/mol. The van der Waals surface area contributed by atoms with Crippen molar-refractivity contribution >= 4 is 5.84 Å². The van der Waals surface area contributed by atoms with Crippen LogP contribution in [-0.4, -0.2) is 28.3 Å². The van der Waals surface area contributed by atoms with Gasteiger partial charge in [-0.05, 0) is 37.0 Å². The number of aliphatic hydroxyl groups excluding tert-OH is 1. The molecule has 116 valence electrons. The van der Waals surface area contributed by atoms with Crippen molar-refractivity contribution in [2.24, 2.45) is 10.9 Å². The molecule has 0 bridgehead atoms. The quantitative estimate of drug-likeness (QED) is 0.224. The highest BCUT2D eigenvalue weighted by molar-refractivity contribution is 5.97. The maximum atomic E-state index is 10.1. The zero-order valence-electron chi connectivity index (χ0n) is 12.5. The Morgan fingerprint density at radius 3 is 2.81 bits per heavy atom. The maximum Gasteiger partial charge on any atom is 0.170 e. The van der Waals surface area contributed by atoms with Gasteiger partial charge < -0.3 is 21.4 Å². The van der Waals surface area contributed by atoms with Gasteiger partial charge in [0, 0.05) is 18.2 Å². The van der Waals surface area contributed by atoms with Gasteiger partial charge in [0.1, 0.15) is 0 Å². The predicted octanol–water partition coefficient (Wildman–Crippen LogP) is 1.87. The molecule has 5 nitrogen and oxygen atoms in total. The Morgan fingerprint density at radius 1 is 1.33 bits per heavy atom. The lowest BCUT2D eigenvalue weighted by Gasteiger charge is -2.22. The van der Waals surface area contributed by atoms with E-state index in [0.29, 0.717) is 5.56 Å². The Balaban J connectivity index is 1.99. The highest BCUT2D eigenvalue weighted by Crippen LogP contribution is 2.19. The molecule has 0 aromatic heterocycles. The minimum Gasteiger partial charge on any atom is -0.409 e. The van der Waals surface area contributed by atoms with Crippen LogP contribution in [0.25, 0.3) is 0 Å². The summed E-state index contributed by atoms with van der Waals surface area (Å²) < 4.78 is 0. The fraction of sp³-hybridized carbons (Fsp3) is 0.562. The van der Waals surface area contributed by atoms with Gasteiger partial charge in [-0.3, -0.25) is 0 Å². The number of aryl methyl sites for hydroxylation is 1.